The molecule has 0 radical (unpaired) electrons. The zero-order chi connectivity index (χ0) is 20.4. The lowest BCUT2D eigenvalue weighted by Crippen LogP contribution is -2.08. The lowest BCUT2D eigenvalue weighted by atomic mass is 10.1. The lowest BCUT2D eigenvalue weighted by Gasteiger charge is -2.08. The highest BCUT2D eigenvalue weighted by Gasteiger charge is 2.17. The summed E-state index contributed by atoms with van der Waals surface area (Å²) in [7, 11) is 2.95. The van der Waals surface area contributed by atoms with E-state index in [1.165, 1.54) is 7.11 Å². The van der Waals surface area contributed by atoms with Gasteiger partial charge in [-0.2, -0.15) is 5.10 Å². The second-order valence-electron chi connectivity index (χ2n) is 6.33. The zero-order valence-electron chi connectivity index (χ0n) is 15.8. The highest BCUT2D eigenvalue weighted by molar-refractivity contribution is 6.32. The number of hydrogen-bond donors (Lipinski definition) is 0. The predicted octanol–water partition coefficient (Wildman–Crippen LogP) is 3.99. The Kier molecular flexibility index (Phi) is 5.14. The Labute approximate surface area is 171 Å². The molecule has 0 saturated carbocycles. The fourth-order valence-corrected chi connectivity index (χ4v) is 3.33. The van der Waals surface area contributed by atoms with E-state index in [9.17, 15) is 4.79 Å². The van der Waals surface area contributed by atoms with Gasteiger partial charge in [-0.1, -0.05) is 23.7 Å². The second kappa shape index (κ2) is 7.89. The number of ether oxygens (including phenoxy) is 2. The molecular weight excluding hydrogens is 392 g/mol. The molecule has 2 aromatic carbocycles. The van der Waals surface area contributed by atoms with Crippen LogP contribution in [0, 0.1) is 0 Å². The lowest BCUT2D eigenvalue weighted by molar-refractivity contribution is 0.0602. The number of aromatic nitrogens is 4. The third kappa shape index (κ3) is 3.77. The van der Waals surface area contributed by atoms with E-state index >= 15 is 0 Å². The van der Waals surface area contributed by atoms with Crippen LogP contribution in [0.5, 0.6) is 5.75 Å². The molecule has 29 heavy (non-hydrogen) atoms. The Morgan fingerprint density at radius 3 is 2.62 bits per heavy atom. The molecule has 0 aliphatic carbocycles. The molecule has 146 valence electrons. The third-order valence-corrected chi connectivity index (χ3v) is 4.69. The quantitative estimate of drug-likeness (QED) is 0.464. The number of hydrogen-bond acceptors (Lipinski definition) is 6. The fraction of sp³-hybridized carbons (Fsp3) is 0.143. The van der Waals surface area contributed by atoms with E-state index in [1.807, 2.05) is 24.3 Å². The van der Waals surface area contributed by atoms with Gasteiger partial charge in [0, 0.05) is 33.9 Å². The molecule has 0 saturated heterocycles. The number of fused-ring (bicyclic) bond motifs is 1. The summed E-state index contributed by atoms with van der Waals surface area (Å²) >= 11 is 6.12. The van der Waals surface area contributed by atoms with Gasteiger partial charge in [0.15, 0.2) is 5.82 Å². The molecule has 2 aromatic heterocycles. The molecule has 0 fully saturated rings. The van der Waals surface area contributed by atoms with Crippen LogP contribution in [0.15, 0.2) is 55.0 Å². The predicted molar refractivity (Wildman–Crippen MR) is 109 cm³/mol. The van der Waals surface area contributed by atoms with E-state index in [0.29, 0.717) is 28.5 Å². The average Bonchev–Trinajstić information content (AvgIpc) is 3.15. The highest BCUT2D eigenvalue weighted by Crippen LogP contribution is 2.26. The first kappa shape index (κ1) is 18.9. The van der Waals surface area contributed by atoms with Gasteiger partial charge in [-0.05, 0) is 24.3 Å². The summed E-state index contributed by atoms with van der Waals surface area (Å²) in [5.74, 6) is 0.871. The molecule has 0 N–H and O–H groups in total. The van der Waals surface area contributed by atoms with Crippen LogP contribution >= 0.6 is 11.6 Å². The highest BCUT2D eigenvalue weighted by atomic mass is 35.5. The molecular formula is C21H17ClN4O3. The maximum atomic E-state index is 12.2. The molecule has 0 aliphatic heterocycles. The summed E-state index contributed by atoms with van der Waals surface area (Å²) in [6, 6.07) is 10.9. The molecule has 0 amide bonds. The van der Waals surface area contributed by atoms with E-state index < -0.39 is 5.97 Å². The Hall–Kier alpha value is -3.45. The number of methoxy groups -OCH3 is 2. The fourth-order valence-electron chi connectivity index (χ4n) is 3.10. The van der Waals surface area contributed by atoms with Gasteiger partial charge in [0.05, 0.1) is 38.0 Å². The number of rotatable bonds is 5. The Bertz CT molecular complexity index is 1190. The number of carbonyl (C=O) groups excluding carboxylic acids is 1. The van der Waals surface area contributed by atoms with Gasteiger partial charge in [-0.15, -0.1) is 0 Å². The van der Waals surface area contributed by atoms with Crippen molar-refractivity contribution in [1.29, 1.82) is 0 Å². The molecule has 0 aliphatic rings. The molecule has 0 bridgehead atoms. The standard InChI is InChI=1S/C21H17ClN4O3/c1-28-17-5-3-4-14(7-17)20-23-9-13(10-24-20)12-26-19-15(11-25-26)6-16(22)8-18(19)21(27)29-2/h3-11H,12H2,1-2H3. The third-order valence-electron chi connectivity index (χ3n) is 4.47. The molecule has 7 nitrogen and oxygen atoms in total. The first-order valence-electron chi connectivity index (χ1n) is 8.78. The molecule has 2 heterocycles. The van der Waals surface area contributed by atoms with Gasteiger partial charge in [0.25, 0.3) is 0 Å². The van der Waals surface area contributed by atoms with Gasteiger partial charge < -0.3 is 9.47 Å². The van der Waals surface area contributed by atoms with Gasteiger partial charge in [-0.3, -0.25) is 4.68 Å². The van der Waals surface area contributed by atoms with Crippen molar-refractivity contribution in [3.05, 3.63) is 71.1 Å². The van der Waals surface area contributed by atoms with Crippen LogP contribution < -0.4 is 4.74 Å². The van der Waals surface area contributed by atoms with Gasteiger partial charge in [0.2, 0.25) is 0 Å². The first-order valence-corrected chi connectivity index (χ1v) is 9.15. The van der Waals surface area contributed by atoms with Crippen LogP contribution in [0.1, 0.15) is 15.9 Å². The van der Waals surface area contributed by atoms with Crippen LogP contribution in [0.4, 0.5) is 0 Å². The number of benzene rings is 2. The smallest absolute Gasteiger partial charge is 0.340 e. The first-order chi connectivity index (χ1) is 14.1. The van der Waals surface area contributed by atoms with Gasteiger partial charge in [-0.25, -0.2) is 14.8 Å². The summed E-state index contributed by atoms with van der Waals surface area (Å²) in [5, 5.41) is 5.59. The average molecular weight is 409 g/mol. The van der Waals surface area contributed by atoms with Gasteiger partial charge in [0.1, 0.15) is 5.75 Å². The summed E-state index contributed by atoms with van der Waals surface area (Å²) in [4.78, 5) is 21.1. The van der Waals surface area contributed by atoms with Crippen LogP contribution in [-0.4, -0.2) is 39.9 Å². The van der Waals surface area contributed by atoms with E-state index in [4.69, 9.17) is 21.1 Å². The molecule has 0 atom stereocenters. The van der Waals surface area contributed by atoms with Crippen molar-refractivity contribution < 1.29 is 14.3 Å². The molecule has 4 aromatic rings. The zero-order valence-corrected chi connectivity index (χ0v) is 16.6. The molecule has 4 rings (SSSR count). The summed E-state index contributed by atoms with van der Waals surface area (Å²) in [6.45, 7) is 0.396. The van der Waals surface area contributed by atoms with E-state index in [-0.39, 0.29) is 0 Å². The summed E-state index contributed by atoms with van der Waals surface area (Å²) in [5.41, 5.74) is 2.72. The van der Waals surface area contributed by atoms with Gasteiger partial charge >= 0.3 is 5.97 Å². The van der Waals surface area contributed by atoms with Crippen molar-refractivity contribution in [3.8, 4) is 17.1 Å². The van der Waals surface area contributed by atoms with Crippen molar-refractivity contribution in [1.82, 2.24) is 19.7 Å². The number of nitrogens with zero attached hydrogens (tertiary/aromatic N) is 4. The van der Waals surface area contributed by atoms with E-state index in [2.05, 4.69) is 15.1 Å². The number of carbonyl (C=O) groups is 1. The number of esters is 1. The normalized spacial score (nSPS) is 10.9. The van der Waals surface area contributed by atoms with Crippen LogP contribution in [0.25, 0.3) is 22.3 Å². The minimum absolute atomic E-state index is 0.362. The van der Waals surface area contributed by atoms with Crippen LogP contribution in [0.3, 0.4) is 0 Å². The molecule has 0 unspecified atom stereocenters. The minimum Gasteiger partial charge on any atom is -0.497 e. The van der Waals surface area contributed by atoms with Crippen molar-refractivity contribution in [3.63, 3.8) is 0 Å². The van der Waals surface area contributed by atoms with Crippen molar-refractivity contribution in [2.45, 2.75) is 6.54 Å². The second-order valence-corrected chi connectivity index (χ2v) is 6.77. The van der Waals surface area contributed by atoms with Crippen molar-refractivity contribution >= 4 is 28.5 Å². The topological polar surface area (TPSA) is 79.1 Å². The SMILES string of the molecule is COC(=O)c1cc(Cl)cc2cnn(Cc3cnc(-c4cccc(OC)c4)nc3)c12. The monoisotopic (exact) mass is 408 g/mol. The van der Waals surface area contributed by atoms with Crippen LogP contribution in [-0.2, 0) is 11.3 Å². The Morgan fingerprint density at radius 2 is 1.90 bits per heavy atom. The van der Waals surface area contributed by atoms with E-state index in [0.717, 1.165) is 22.3 Å². The Balaban J connectivity index is 1.66. The maximum absolute atomic E-state index is 12.2. The Morgan fingerprint density at radius 1 is 1.10 bits per heavy atom. The maximum Gasteiger partial charge on any atom is 0.340 e. The van der Waals surface area contributed by atoms with Crippen molar-refractivity contribution in [2.75, 3.05) is 14.2 Å². The van der Waals surface area contributed by atoms with Crippen molar-refractivity contribution in [2.24, 2.45) is 0 Å². The van der Waals surface area contributed by atoms with E-state index in [1.54, 1.807) is 42.5 Å². The summed E-state index contributed by atoms with van der Waals surface area (Å²) < 4.78 is 11.8. The summed E-state index contributed by atoms with van der Waals surface area (Å²) in [6.07, 6.45) is 5.14. The molecule has 8 heteroatoms. The molecule has 0 spiro atoms. The van der Waals surface area contributed by atoms with Crippen LogP contribution in [0.2, 0.25) is 5.02 Å². The minimum atomic E-state index is -0.469. The number of halogens is 1. The largest absolute Gasteiger partial charge is 0.497 e.